The van der Waals surface area contributed by atoms with Crippen LogP contribution in [0.3, 0.4) is 0 Å². The fraction of sp³-hybridized carbons (Fsp3) is 0.500. The number of thioether (sulfide) groups is 2. The van der Waals surface area contributed by atoms with Crippen LogP contribution in [0.25, 0.3) is 0 Å². The van der Waals surface area contributed by atoms with Gasteiger partial charge in [0.25, 0.3) is 0 Å². The summed E-state index contributed by atoms with van der Waals surface area (Å²) in [5.41, 5.74) is 4.43. The molecule has 0 aliphatic heterocycles. The van der Waals surface area contributed by atoms with E-state index in [0.29, 0.717) is 5.92 Å². The van der Waals surface area contributed by atoms with Gasteiger partial charge in [-0.1, -0.05) is 51.0 Å². The zero-order chi connectivity index (χ0) is 22.1. The number of carbonyl (C=O) groups is 1. The number of aromatic nitrogens is 1. The van der Waals surface area contributed by atoms with E-state index >= 15 is 0 Å². The molecule has 0 aliphatic rings. The molecule has 2 unspecified atom stereocenters. The van der Waals surface area contributed by atoms with E-state index < -0.39 is 0 Å². The maximum absolute atomic E-state index is 12.9. The molecule has 1 aromatic heterocycles. The molecular weight excluding hydrogens is 410 g/mol. The highest BCUT2D eigenvalue weighted by Crippen LogP contribution is 2.33. The Bertz CT molecular complexity index is 816. The molecule has 0 saturated heterocycles. The third kappa shape index (κ3) is 6.95. The van der Waals surface area contributed by atoms with Crippen molar-refractivity contribution in [3.8, 4) is 0 Å². The van der Waals surface area contributed by atoms with Gasteiger partial charge in [-0.25, -0.2) is 9.78 Å². The number of anilines is 1. The molecular formula is C24H35N3OS2. The molecule has 0 saturated carbocycles. The van der Waals surface area contributed by atoms with E-state index in [4.69, 9.17) is 0 Å². The predicted molar refractivity (Wildman–Crippen MR) is 132 cm³/mol. The number of carbonyl (C=O) groups excluding carboxylic acids is 1. The lowest BCUT2D eigenvalue weighted by Crippen LogP contribution is -2.39. The van der Waals surface area contributed by atoms with Crippen LogP contribution in [0.15, 0.2) is 40.3 Å². The molecule has 2 rings (SSSR count). The number of hydrogen-bond donors (Lipinski definition) is 2. The van der Waals surface area contributed by atoms with Gasteiger partial charge in [-0.05, 0) is 62.3 Å². The molecule has 2 N–H and O–H groups in total. The van der Waals surface area contributed by atoms with E-state index in [1.807, 2.05) is 25.5 Å². The van der Waals surface area contributed by atoms with Gasteiger partial charge in [0.2, 0.25) is 0 Å². The molecule has 1 heterocycles. The fourth-order valence-electron chi connectivity index (χ4n) is 3.77. The van der Waals surface area contributed by atoms with Gasteiger partial charge in [-0.3, -0.25) is 0 Å². The number of unbranched alkanes of at least 4 members (excludes halogenated alkanes) is 1. The second kappa shape index (κ2) is 12.3. The van der Waals surface area contributed by atoms with Crippen LogP contribution >= 0.6 is 23.5 Å². The summed E-state index contributed by atoms with van der Waals surface area (Å²) in [5, 5.41) is 7.18. The summed E-state index contributed by atoms with van der Waals surface area (Å²) in [5.74, 6) is 0.387. The second-order valence-corrected chi connectivity index (χ2v) is 9.42. The van der Waals surface area contributed by atoms with Gasteiger partial charge >= 0.3 is 6.03 Å². The largest absolute Gasteiger partial charge is 0.335 e. The maximum Gasteiger partial charge on any atom is 0.319 e. The summed E-state index contributed by atoms with van der Waals surface area (Å²) in [6.45, 7) is 8.58. The number of nitrogens with zero attached hydrogens (tertiary/aromatic N) is 1. The Balaban J connectivity index is 2.13. The normalized spacial score (nSPS) is 13.0. The van der Waals surface area contributed by atoms with Crippen molar-refractivity contribution >= 4 is 35.2 Å². The number of urea groups is 1. The Morgan fingerprint density at radius 3 is 2.53 bits per heavy atom. The lowest BCUT2D eigenvalue weighted by Gasteiger charge is -2.24. The monoisotopic (exact) mass is 445 g/mol. The quantitative estimate of drug-likeness (QED) is 0.386. The maximum atomic E-state index is 12.9. The van der Waals surface area contributed by atoms with Crippen LogP contribution in [-0.4, -0.2) is 29.6 Å². The summed E-state index contributed by atoms with van der Waals surface area (Å²) in [6, 6.07) is 10.5. The molecule has 0 fully saturated rings. The zero-order valence-corrected chi connectivity index (χ0v) is 20.7. The minimum absolute atomic E-state index is 0.133. The van der Waals surface area contributed by atoms with E-state index in [9.17, 15) is 4.79 Å². The van der Waals surface area contributed by atoms with E-state index in [1.165, 1.54) is 11.1 Å². The third-order valence-electron chi connectivity index (χ3n) is 5.33. The van der Waals surface area contributed by atoms with Gasteiger partial charge in [0, 0.05) is 16.6 Å². The number of amides is 2. The first kappa shape index (κ1) is 24.6. The molecule has 0 aliphatic carbocycles. The minimum Gasteiger partial charge on any atom is -0.335 e. The Morgan fingerprint density at radius 1 is 1.17 bits per heavy atom. The number of hydrogen-bond acceptors (Lipinski definition) is 4. The first-order valence-electron chi connectivity index (χ1n) is 10.6. The third-order valence-corrected chi connectivity index (χ3v) is 6.77. The molecule has 0 bridgehead atoms. The summed E-state index contributed by atoms with van der Waals surface area (Å²) in [7, 11) is 0. The van der Waals surface area contributed by atoms with Crippen molar-refractivity contribution in [2.45, 2.75) is 75.3 Å². The molecule has 2 atom stereocenters. The lowest BCUT2D eigenvalue weighted by molar-refractivity contribution is 0.246. The van der Waals surface area contributed by atoms with Crippen LogP contribution in [0.5, 0.6) is 0 Å². The van der Waals surface area contributed by atoms with Gasteiger partial charge < -0.3 is 10.6 Å². The highest BCUT2D eigenvalue weighted by atomic mass is 32.2. The number of aryl methyl sites for hydroxylation is 2. The molecule has 2 aromatic rings. The van der Waals surface area contributed by atoms with Gasteiger partial charge in [-0.2, -0.15) is 0 Å². The number of benzene rings is 1. The van der Waals surface area contributed by atoms with Crippen molar-refractivity contribution in [1.29, 1.82) is 0 Å². The van der Waals surface area contributed by atoms with Crippen LogP contribution in [0.1, 0.15) is 62.3 Å². The van der Waals surface area contributed by atoms with Crippen molar-refractivity contribution < 1.29 is 4.79 Å². The molecule has 2 amide bonds. The number of pyridine rings is 1. The Kier molecular flexibility index (Phi) is 10.1. The van der Waals surface area contributed by atoms with E-state index in [-0.39, 0.29) is 12.1 Å². The first-order chi connectivity index (χ1) is 14.4. The molecule has 0 spiro atoms. The lowest BCUT2D eigenvalue weighted by atomic mass is 9.89. The van der Waals surface area contributed by atoms with Crippen molar-refractivity contribution in [3.63, 3.8) is 0 Å². The Hall–Kier alpha value is -1.66. The molecule has 1 aromatic carbocycles. The smallest absolute Gasteiger partial charge is 0.319 e. The zero-order valence-electron chi connectivity index (χ0n) is 19.0. The molecule has 0 radical (unpaired) electrons. The van der Waals surface area contributed by atoms with E-state index in [1.54, 1.807) is 23.5 Å². The Labute approximate surface area is 190 Å². The second-order valence-electron chi connectivity index (χ2n) is 7.78. The van der Waals surface area contributed by atoms with E-state index in [2.05, 4.69) is 60.7 Å². The Morgan fingerprint density at radius 2 is 1.90 bits per heavy atom. The van der Waals surface area contributed by atoms with Gasteiger partial charge in [0.15, 0.2) is 0 Å². The van der Waals surface area contributed by atoms with Crippen LogP contribution in [-0.2, 0) is 0 Å². The van der Waals surface area contributed by atoms with Crippen LogP contribution in [0, 0.1) is 13.8 Å². The summed E-state index contributed by atoms with van der Waals surface area (Å²) >= 11 is 3.18. The highest BCUT2D eigenvalue weighted by Gasteiger charge is 2.19. The van der Waals surface area contributed by atoms with Gasteiger partial charge in [-0.15, -0.1) is 23.5 Å². The van der Waals surface area contributed by atoms with Crippen molar-refractivity contribution in [1.82, 2.24) is 10.3 Å². The van der Waals surface area contributed by atoms with E-state index in [0.717, 1.165) is 47.0 Å². The summed E-state index contributed by atoms with van der Waals surface area (Å²) < 4.78 is 0. The molecule has 4 nitrogen and oxygen atoms in total. The van der Waals surface area contributed by atoms with Crippen molar-refractivity contribution in [2.24, 2.45) is 0 Å². The SMILES string of the molecule is CCCCC(CC(C)c1ccccc1C)NC(=O)Nc1c(SC)cc(C)nc1SC. The standard InChI is InChI=1S/C24H35N3OS2/c1-7-8-12-19(14-17(3)20-13-10-9-11-16(20)2)26-24(28)27-22-21(29-5)15-18(4)25-23(22)30-6/h9-11,13,15,17,19H,7-8,12,14H2,1-6H3,(H2,26,27,28). The fourth-order valence-corrected chi connectivity index (χ4v) is 5.07. The molecule has 30 heavy (non-hydrogen) atoms. The molecule has 164 valence electrons. The average Bonchev–Trinajstić information content (AvgIpc) is 2.72. The van der Waals surface area contributed by atoms with Crippen molar-refractivity contribution in [3.05, 3.63) is 47.2 Å². The number of rotatable bonds is 10. The summed E-state index contributed by atoms with van der Waals surface area (Å²) in [4.78, 5) is 18.6. The highest BCUT2D eigenvalue weighted by molar-refractivity contribution is 7.99. The first-order valence-corrected chi connectivity index (χ1v) is 13.1. The molecule has 6 heteroatoms. The average molecular weight is 446 g/mol. The van der Waals surface area contributed by atoms with Crippen LogP contribution in [0.4, 0.5) is 10.5 Å². The van der Waals surface area contributed by atoms with Gasteiger partial charge in [0.1, 0.15) is 5.03 Å². The topological polar surface area (TPSA) is 54.0 Å². The van der Waals surface area contributed by atoms with Crippen LogP contribution < -0.4 is 10.6 Å². The van der Waals surface area contributed by atoms with Gasteiger partial charge in [0.05, 0.1) is 5.69 Å². The minimum atomic E-state index is -0.149. The summed E-state index contributed by atoms with van der Waals surface area (Å²) in [6.07, 6.45) is 8.14. The van der Waals surface area contributed by atoms with Crippen molar-refractivity contribution in [2.75, 3.05) is 17.8 Å². The van der Waals surface area contributed by atoms with Crippen LogP contribution in [0.2, 0.25) is 0 Å². The predicted octanol–water partition coefficient (Wildman–Crippen LogP) is 7.02. The number of nitrogens with one attached hydrogen (secondary N) is 2.